The maximum absolute atomic E-state index is 11.3. The van der Waals surface area contributed by atoms with Gasteiger partial charge in [-0.25, -0.2) is 0 Å². The second kappa shape index (κ2) is 7.12. The van der Waals surface area contributed by atoms with Crippen LogP contribution in [0.25, 0.3) is 0 Å². The number of carbonyl (C=O) groups is 2. The van der Waals surface area contributed by atoms with Crippen LogP contribution < -0.4 is 0 Å². The number of benzene rings is 1. The van der Waals surface area contributed by atoms with Gasteiger partial charge < -0.3 is 4.90 Å². The Morgan fingerprint density at radius 1 is 1.41 bits per heavy atom. The van der Waals surface area contributed by atoms with Gasteiger partial charge in [-0.2, -0.15) is 0 Å². The molecule has 0 aliphatic heterocycles. The van der Waals surface area contributed by atoms with Crippen molar-refractivity contribution >= 4 is 24.0 Å². The van der Waals surface area contributed by atoms with Crippen LogP contribution in [0.15, 0.2) is 29.2 Å². The highest BCUT2D eigenvalue weighted by Gasteiger charge is 2.03. The summed E-state index contributed by atoms with van der Waals surface area (Å²) in [5, 5.41) is 0. The van der Waals surface area contributed by atoms with E-state index < -0.39 is 0 Å². The van der Waals surface area contributed by atoms with Crippen molar-refractivity contribution in [2.24, 2.45) is 0 Å². The van der Waals surface area contributed by atoms with Crippen LogP contribution in [0, 0.1) is 0 Å². The van der Waals surface area contributed by atoms with Crippen molar-refractivity contribution in [3.05, 3.63) is 29.8 Å². The summed E-state index contributed by atoms with van der Waals surface area (Å²) in [4.78, 5) is 24.6. The first-order valence-corrected chi connectivity index (χ1v) is 6.50. The largest absolute Gasteiger partial charge is 0.349 e. The molecule has 1 amide bonds. The van der Waals surface area contributed by atoms with Crippen molar-refractivity contribution in [1.29, 1.82) is 0 Å². The molecule has 0 saturated heterocycles. The zero-order valence-electron chi connectivity index (χ0n) is 10.2. The number of hydrogen-bond acceptors (Lipinski definition) is 3. The van der Waals surface area contributed by atoms with E-state index in [4.69, 9.17) is 0 Å². The monoisotopic (exact) mass is 251 g/mol. The Morgan fingerprint density at radius 2 is 2.18 bits per heavy atom. The fourth-order valence-corrected chi connectivity index (χ4v) is 2.23. The smallest absolute Gasteiger partial charge is 0.222 e. The lowest BCUT2D eigenvalue weighted by molar-refractivity contribution is -0.128. The van der Waals surface area contributed by atoms with E-state index in [1.165, 1.54) is 0 Å². The first-order valence-electron chi connectivity index (χ1n) is 5.51. The van der Waals surface area contributed by atoms with Crippen LogP contribution >= 0.6 is 11.8 Å². The predicted octanol–water partition coefficient (Wildman–Crippen LogP) is 2.46. The summed E-state index contributed by atoms with van der Waals surface area (Å²) < 4.78 is 0. The van der Waals surface area contributed by atoms with Crippen molar-refractivity contribution in [3.63, 3.8) is 0 Å². The van der Waals surface area contributed by atoms with E-state index in [-0.39, 0.29) is 5.91 Å². The lowest BCUT2D eigenvalue weighted by Gasteiger charge is -2.09. The van der Waals surface area contributed by atoms with Crippen LogP contribution in [0.5, 0.6) is 0 Å². The molecule has 0 heterocycles. The number of hydrogen-bond donors (Lipinski definition) is 0. The van der Waals surface area contributed by atoms with E-state index in [1.807, 2.05) is 18.2 Å². The van der Waals surface area contributed by atoms with Gasteiger partial charge in [0.1, 0.15) is 6.29 Å². The van der Waals surface area contributed by atoms with Gasteiger partial charge in [0.25, 0.3) is 0 Å². The third-order valence-electron chi connectivity index (χ3n) is 2.30. The van der Waals surface area contributed by atoms with Gasteiger partial charge in [0.2, 0.25) is 5.91 Å². The highest BCUT2D eigenvalue weighted by molar-refractivity contribution is 7.99. The Bertz CT molecular complexity index is 391. The molecule has 1 rings (SSSR count). The molecule has 0 aromatic heterocycles. The third-order valence-corrected chi connectivity index (χ3v) is 3.38. The molecule has 4 heteroatoms. The van der Waals surface area contributed by atoms with E-state index in [0.29, 0.717) is 12.0 Å². The highest BCUT2D eigenvalue weighted by atomic mass is 32.2. The summed E-state index contributed by atoms with van der Waals surface area (Å²) in [5.74, 6) is 1.05. The summed E-state index contributed by atoms with van der Waals surface area (Å²) in [5.41, 5.74) is 0.694. The standard InChI is InChI=1S/C13H17NO2S/c1-14(2)13(16)7-4-8-17-12-6-3-5-11(9-12)10-15/h3,5-6,9-10H,4,7-8H2,1-2H3. The maximum atomic E-state index is 11.3. The molecule has 0 bridgehead atoms. The fraction of sp³-hybridized carbons (Fsp3) is 0.385. The second-order valence-corrected chi connectivity index (χ2v) is 5.10. The number of carbonyl (C=O) groups excluding carboxylic acids is 2. The molecule has 0 N–H and O–H groups in total. The Labute approximate surface area is 106 Å². The molecule has 0 atom stereocenters. The molecule has 1 aromatic rings. The quantitative estimate of drug-likeness (QED) is 0.443. The molecule has 0 radical (unpaired) electrons. The normalized spacial score (nSPS) is 10.0. The molecule has 1 aromatic carbocycles. The average molecular weight is 251 g/mol. The minimum absolute atomic E-state index is 0.159. The SMILES string of the molecule is CN(C)C(=O)CCCSc1cccc(C=O)c1. The van der Waals surface area contributed by atoms with Crippen molar-refractivity contribution in [3.8, 4) is 0 Å². The summed E-state index contributed by atoms with van der Waals surface area (Å²) in [6, 6.07) is 7.50. The predicted molar refractivity (Wildman–Crippen MR) is 70.5 cm³/mol. The molecule has 0 fully saturated rings. The van der Waals surface area contributed by atoms with Gasteiger partial charge in [-0.15, -0.1) is 11.8 Å². The van der Waals surface area contributed by atoms with Gasteiger partial charge >= 0.3 is 0 Å². The molecule has 17 heavy (non-hydrogen) atoms. The molecule has 0 spiro atoms. The molecular formula is C13H17NO2S. The van der Waals surface area contributed by atoms with Gasteiger partial charge in [-0.3, -0.25) is 9.59 Å². The van der Waals surface area contributed by atoms with Gasteiger partial charge in [0.15, 0.2) is 0 Å². The zero-order valence-corrected chi connectivity index (χ0v) is 11.0. The van der Waals surface area contributed by atoms with Crippen molar-refractivity contribution < 1.29 is 9.59 Å². The number of thioether (sulfide) groups is 1. The van der Waals surface area contributed by atoms with Gasteiger partial charge in [-0.1, -0.05) is 12.1 Å². The van der Waals surface area contributed by atoms with Crippen LogP contribution in [0.4, 0.5) is 0 Å². The topological polar surface area (TPSA) is 37.4 Å². The number of rotatable bonds is 6. The molecule has 0 unspecified atom stereocenters. The van der Waals surface area contributed by atoms with Gasteiger partial charge in [0.05, 0.1) is 0 Å². The highest BCUT2D eigenvalue weighted by Crippen LogP contribution is 2.20. The molecular weight excluding hydrogens is 234 g/mol. The van der Waals surface area contributed by atoms with Crippen LogP contribution in [0.3, 0.4) is 0 Å². The lowest BCUT2D eigenvalue weighted by Crippen LogP contribution is -2.21. The van der Waals surface area contributed by atoms with Crippen LogP contribution in [0.2, 0.25) is 0 Å². The first-order chi connectivity index (χ1) is 8.13. The number of amides is 1. The molecule has 0 aliphatic rings. The number of nitrogens with zero attached hydrogens (tertiary/aromatic N) is 1. The third kappa shape index (κ3) is 5.04. The first kappa shape index (κ1) is 13.8. The second-order valence-electron chi connectivity index (χ2n) is 3.93. The van der Waals surface area contributed by atoms with Crippen molar-refractivity contribution in [2.45, 2.75) is 17.7 Å². The summed E-state index contributed by atoms with van der Waals surface area (Å²) in [7, 11) is 3.53. The molecule has 0 saturated carbocycles. The zero-order chi connectivity index (χ0) is 12.7. The van der Waals surface area contributed by atoms with E-state index >= 15 is 0 Å². The minimum atomic E-state index is 0.159. The summed E-state index contributed by atoms with van der Waals surface area (Å²) in [6.07, 6.45) is 2.28. The van der Waals surface area contributed by atoms with E-state index in [1.54, 1.807) is 36.8 Å². The Balaban J connectivity index is 2.31. The van der Waals surface area contributed by atoms with Gasteiger partial charge in [-0.05, 0) is 24.3 Å². The molecule has 0 aliphatic carbocycles. The van der Waals surface area contributed by atoms with E-state index in [9.17, 15) is 9.59 Å². The number of aldehydes is 1. The van der Waals surface area contributed by atoms with Crippen molar-refractivity contribution in [2.75, 3.05) is 19.8 Å². The molecule has 92 valence electrons. The van der Waals surface area contributed by atoms with Gasteiger partial charge in [0, 0.05) is 31.0 Å². The Morgan fingerprint density at radius 3 is 2.82 bits per heavy atom. The Hall–Kier alpha value is -1.29. The minimum Gasteiger partial charge on any atom is -0.349 e. The summed E-state index contributed by atoms with van der Waals surface area (Å²) >= 11 is 1.67. The maximum Gasteiger partial charge on any atom is 0.222 e. The fourth-order valence-electron chi connectivity index (χ4n) is 1.31. The van der Waals surface area contributed by atoms with Crippen LogP contribution in [-0.2, 0) is 4.79 Å². The Kier molecular flexibility index (Phi) is 5.77. The average Bonchev–Trinajstić information content (AvgIpc) is 2.34. The van der Waals surface area contributed by atoms with E-state index in [0.717, 1.165) is 23.4 Å². The van der Waals surface area contributed by atoms with E-state index in [2.05, 4.69) is 0 Å². The molecule has 3 nitrogen and oxygen atoms in total. The summed E-state index contributed by atoms with van der Waals surface area (Å²) in [6.45, 7) is 0. The lowest BCUT2D eigenvalue weighted by atomic mass is 10.2. The van der Waals surface area contributed by atoms with Crippen LogP contribution in [0.1, 0.15) is 23.2 Å². The van der Waals surface area contributed by atoms with Crippen LogP contribution in [-0.4, -0.2) is 36.9 Å². The van der Waals surface area contributed by atoms with Crippen molar-refractivity contribution in [1.82, 2.24) is 4.90 Å².